The molecular formula is C24H40B2O11. The van der Waals surface area contributed by atoms with Gasteiger partial charge in [-0.3, -0.25) is 0 Å². The van der Waals surface area contributed by atoms with Gasteiger partial charge in [0, 0.05) is 0 Å². The summed E-state index contributed by atoms with van der Waals surface area (Å²) in [6, 6.07) is 6.41. The van der Waals surface area contributed by atoms with E-state index < -0.39 is 14.2 Å². The maximum Gasteiger partial charge on any atom is 0.496 e. The van der Waals surface area contributed by atoms with Gasteiger partial charge in [-0.05, 0) is 56.2 Å². The van der Waals surface area contributed by atoms with E-state index in [0.717, 1.165) is 5.56 Å². The summed E-state index contributed by atoms with van der Waals surface area (Å²) in [6.07, 6.45) is -0.263. The molecule has 0 saturated heterocycles. The third-order valence-corrected chi connectivity index (χ3v) is 4.85. The first-order chi connectivity index (χ1) is 17.0. The van der Waals surface area contributed by atoms with Crippen molar-refractivity contribution in [3.8, 4) is 23.0 Å². The smallest absolute Gasteiger partial charge is 0.496 e. The fourth-order valence-electron chi connectivity index (χ4n) is 3.31. The van der Waals surface area contributed by atoms with Crippen molar-refractivity contribution in [3.63, 3.8) is 0 Å². The first kappa shape index (κ1) is 34.5. The van der Waals surface area contributed by atoms with Crippen molar-refractivity contribution in [1.82, 2.24) is 0 Å². The number of ether oxygens (including phenoxy) is 6. The van der Waals surface area contributed by atoms with E-state index in [-0.39, 0.29) is 48.9 Å². The van der Waals surface area contributed by atoms with Crippen LogP contribution >= 0.6 is 0 Å². The van der Waals surface area contributed by atoms with Gasteiger partial charge in [0.25, 0.3) is 0 Å². The molecule has 0 saturated carbocycles. The first-order valence-electron chi connectivity index (χ1n) is 11.1. The summed E-state index contributed by atoms with van der Waals surface area (Å²) in [5.74, 6) is 1.21. The number of aliphatic hydroxyl groups is 1. The Balaban J connectivity index is 0.000000718. The van der Waals surface area contributed by atoms with Gasteiger partial charge in [0.2, 0.25) is 0 Å². The summed E-state index contributed by atoms with van der Waals surface area (Å²) in [4.78, 5) is 0. The molecule has 0 heterocycles. The fraction of sp³-hybridized carbons (Fsp3) is 0.500. The number of hydrogen-bond acceptors (Lipinski definition) is 11. The molecule has 2 aromatic carbocycles. The highest BCUT2D eigenvalue weighted by atomic mass is 16.7. The molecule has 1 atom stereocenters. The standard InChI is InChI=1S/C14H23BO6.C9H13BO5.CH4/c1-9(2)21-10(3)20-8-11-6-12(18-4)14(15(16)17)13(7-11)19-5;1-14-7-3-6(5-11)4-8(15-2)9(7)10(12)13;/h6-7,9-10,16-17H,8H2,1-5H3;3-4,11-13H,5H2,1-2H3;1H4. The van der Waals surface area contributed by atoms with Crippen LogP contribution in [0.25, 0.3) is 0 Å². The predicted molar refractivity (Wildman–Crippen MR) is 142 cm³/mol. The van der Waals surface area contributed by atoms with Crippen LogP contribution in [-0.4, -0.2) is 80.3 Å². The van der Waals surface area contributed by atoms with E-state index in [1.165, 1.54) is 40.6 Å². The summed E-state index contributed by atoms with van der Waals surface area (Å²) >= 11 is 0. The first-order valence-corrected chi connectivity index (χ1v) is 11.1. The van der Waals surface area contributed by atoms with Gasteiger partial charge in [-0.2, -0.15) is 0 Å². The largest absolute Gasteiger partial charge is 0.497 e. The Bertz CT molecular complexity index is 889. The minimum Gasteiger partial charge on any atom is -0.497 e. The van der Waals surface area contributed by atoms with Gasteiger partial charge in [0.05, 0.1) is 58.7 Å². The lowest BCUT2D eigenvalue weighted by Crippen LogP contribution is -2.33. The molecule has 2 aromatic rings. The van der Waals surface area contributed by atoms with Gasteiger partial charge in [-0.25, -0.2) is 0 Å². The molecule has 0 aliphatic heterocycles. The zero-order chi connectivity index (χ0) is 27.4. The Labute approximate surface area is 219 Å². The lowest BCUT2D eigenvalue weighted by molar-refractivity contribution is -0.157. The molecule has 11 nitrogen and oxygen atoms in total. The van der Waals surface area contributed by atoms with E-state index in [0.29, 0.717) is 23.7 Å². The summed E-state index contributed by atoms with van der Waals surface area (Å²) in [7, 11) is 2.37. The van der Waals surface area contributed by atoms with Crippen LogP contribution in [0.5, 0.6) is 23.0 Å². The molecule has 0 fully saturated rings. The zero-order valence-electron chi connectivity index (χ0n) is 21.7. The average molecular weight is 526 g/mol. The van der Waals surface area contributed by atoms with Gasteiger partial charge in [-0.1, -0.05) is 7.43 Å². The highest BCUT2D eigenvalue weighted by molar-refractivity contribution is 6.61. The van der Waals surface area contributed by atoms with E-state index >= 15 is 0 Å². The monoisotopic (exact) mass is 526 g/mol. The molecule has 0 spiro atoms. The number of rotatable bonds is 12. The Kier molecular flexibility index (Phi) is 15.9. The second kappa shape index (κ2) is 17.1. The second-order valence-corrected chi connectivity index (χ2v) is 7.80. The zero-order valence-corrected chi connectivity index (χ0v) is 21.7. The summed E-state index contributed by atoms with van der Waals surface area (Å²) in [5, 5.41) is 46.1. The summed E-state index contributed by atoms with van der Waals surface area (Å²) < 4.78 is 31.4. The number of hydrogen-bond donors (Lipinski definition) is 5. The minimum absolute atomic E-state index is 0. The molecule has 0 bridgehead atoms. The lowest BCUT2D eigenvalue weighted by atomic mass is 9.78. The maximum atomic E-state index is 9.40. The normalized spacial score (nSPS) is 11.1. The third-order valence-electron chi connectivity index (χ3n) is 4.85. The van der Waals surface area contributed by atoms with Crippen LogP contribution in [-0.2, 0) is 22.7 Å². The molecule has 0 aliphatic rings. The second-order valence-electron chi connectivity index (χ2n) is 7.80. The predicted octanol–water partition coefficient (Wildman–Crippen LogP) is 0.183. The van der Waals surface area contributed by atoms with Crippen LogP contribution in [0.15, 0.2) is 24.3 Å². The van der Waals surface area contributed by atoms with Crippen molar-refractivity contribution in [3.05, 3.63) is 35.4 Å². The molecule has 13 heteroatoms. The Morgan fingerprint density at radius 2 is 1.03 bits per heavy atom. The molecule has 0 radical (unpaired) electrons. The summed E-state index contributed by atoms with van der Waals surface area (Å²) in [6.45, 7) is 5.81. The van der Waals surface area contributed by atoms with Crippen LogP contribution < -0.4 is 29.9 Å². The van der Waals surface area contributed by atoms with Gasteiger partial charge < -0.3 is 53.6 Å². The Hall–Kier alpha value is -2.51. The number of methoxy groups -OCH3 is 4. The van der Waals surface area contributed by atoms with E-state index in [9.17, 15) is 10.0 Å². The number of aliphatic hydroxyl groups excluding tert-OH is 1. The highest BCUT2D eigenvalue weighted by Crippen LogP contribution is 2.22. The molecule has 1 unspecified atom stereocenters. The molecule has 0 aliphatic carbocycles. The molecule has 2 rings (SSSR count). The fourth-order valence-corrected chi connectivity index (χ4v) is 3.31. The van der Waals surface area contributed by atoms with Crippen molar-refractivity contribution >= 4 is 25.2 Å². The molecule has 0 amide bonds. The van der Waals surface area contributed by atoms with Gasteiger partial charge in [0.1, 0.15) is 23.0 Å². The van der Waals surface area contributed by atoms with Gasteiger partial charge >= 0.3 is 14.2 Å². The quantitative estimate of drug-likeness (QED) is 0.190. The molecule has 208 valence electrons. The van der Waals surface area contributed by atoms with Crippen LogP contribution in [0.2, 0.25) is 0 Å². The third kappa shape index (κ3) is 10.4. The topological polar surface area (TPSA) is 157 Å². The van der Waals surface area contributed by atoms with Crippen molar-refractivity contribution in [2.45, 2.75) is 53.8 Å². The van der Waals surface area contributed by atoms with E-state index in [1.807, 2.05) is 20.8 Å². The summed E-state index contributed by atoms with van der Waals surface area (Å²) in [5.41, 5.74) is 1.70. The van der Waals surface area contributed by atoms with Crippen molar-refractivity contribution < 1.29 is 53.6 Å². The van der Waals surface area contributed by atoms with Gasteiger partial charge in [-0.15, -0.1) is 0 Å². The SMILES string of the molecule is C.COc1cc(CO)cc(OC)c1B(O)O.COc1cc(COC(C)OC(C)C)cc(OC)c1B(O)O. The molecule has 0 aromatic heterocycles. The minimum atomic E-state index is -1.68. The number of benzene rings is 2. The molecule has 37 heavy (non-hydrogen) atoms. The van der Waals surface area contributed by atoms with E-state index in [1.54, 1.807) is 12.1 Å². The van der Waals surface area contributed by atoms with Crippen LogP contribution in [0.4, 0.5) is 0 Å². The Morgan fingerprint density at radius 3 is 1.30 bits per heavy atom. The van der Waals surface area contributed by atoms with Crippen molar-refractivity contribution in [1.29, 1.82) is 0 Å². The molecule has 5 N–H and O–H groups in total. The molecular weight excluding hydrogens is 486 g/mol. The van der Waals surface area contributed by atoms with Crippen LogP contribution in [0, 0.1) is 0 Å². The van der Waals surface area contributed by atoms with E-state index in [2.05, 4.69) is 0 Å². The average Bonchev–Trinajstić information content (AvgIpc) is 2.85. The highest BCUT2D eigenvalue weighted by Gasteiger charge is 2.24. The Morgan fingerprint density at radius 1 is 0.676 bits per heavy atom. The van der Waals surface area contributed by atoms with Crippen LogP contribution in [0.1, 0.15) is 39.3 Å². The van der Waals surface area contributed by atoms with Crippen molar-refractivity contribution in [2.75, 3.05) is 28.4 Å². The van der Waals surface area contributed by atoms with Crippen LogP contribution in [0.3, 0.4) is 0 Å². The maximum absolute atomic E-state index is 9.40. The lowest BCUT2D eigenvalue weighted by Gasteiger charge is -2.18. The van der Waals surface area contributed by atoms with Crippen molar-refractivity contribution in [2.24, 2.45) is 0 Å². The van der Waals surface area contributed by atoms with Gasteiger partial charge in [0.15, 0.2) is 6.29 Å². The van der Waals surface area contributed by atoms with E-state index in [4.69, 9.17) is 43.6 Å².